The van der Waals surface area contributed by atoms with Crippen LogP contribution >= 0.6 is 15.9 Å². The van der Waals surface area contributed by atoms with Crippen LogP contribution in [0.5, 0.6) is 0 Å². The van der Waals surface area contributed by atoms with Crippen LogP contribution in [-0.2, 0) is 0 Å². The van der Waals surface area contributed by atoms with Crippen molar-refractivity contribution < 1.29 is 4.79 Å². The molecule has 21 heavy (non-hydrogen) atoms. The minimum absolute atomic E-state index is 0.222. The fourth-order valence-corrected chi connectivity index (χ4v) is 2.21. The van der Waals surface area contributed by atoms with Crippen molar-refractivity contribution in [1.29, 1.82) is 0 Å². The number of nitrogens with one attached hydrogen (secondary N) is 1. The van der Waals surface area contributed by atoms with E-state index in [0.29, 0.717) is 15.9 Å². The topological polar surface area (TPSA) is 72.7 Å². The van der Waals surface area contributed by atoms with Gasteiger partial charge in [-0.25, -0.2) is 4.98 Å². The molecule has 0 bridgehead atoms. The quantitative estimate of drug-likeness (QED) is 0.742. The highest BCUT2D eigenvalue weighted by Gasteiger charge is 2.10. The number of carbonyl (C=O) groups is 1. The number of carbonyl (C=O) groups excluding carboxylic acids is 1. The van der Waals surface area contributed by atoms with Crippen molar-refractivity contribution in [1.82, 2.24) is 20.0 Å². The van der Waals surface area contributed by atoms with E-state index in [1.165, 1.54) is 4.80 Å². The zero-order valence-corrected chi connectivity index (χ0v) is 12.4. The molecule has 0 radical (unpaired) electrons. The molecule has 0 fully saturated rings. The summed E-state index contributed by atoms with van der Waals surface area (Å²) in [5.41, 5.74) is 1.99. The van der Waals surface area contributed by atoms with E-state index < -0.39 is 0 Å². The summed E-state index contributed by atoms with van der Waals surface area (Å²) in [5.74, 6) is -0.222. The van der Waals surface area contributed by atoms with Gasteiger partial charge in [0.2, 0.25) is 0 Å². The van der Waals surface area contributed by atoms with Crippen LogP contribution < -0.4 is 5.32 Å². The number of hydrogen-bond acceptors (Lipinski definition) is 4. The Balaban J connectivity index is 1.77. The Morgan fingerprint density at radius 2 is 1.76 bits per heavy atom. The number of nitrogens with zero attached hydrogens (tertiary/aromatic N) is 4. The van der Waals surface area contributed by atoms with E-state index in [9.17, 15) is 4.79 Å². The number of pyridine rings is 1. The van der Waals surface area contributed by atoms with Gasteiger partial charge in [0.05, 0.1) is 23.6 Å². The van der Waals surface area contributed by atoms with Gasteiger partial charge in [-0.2, -0.15) is 15.0 Å². The van der Waals surface area contributed by atoms with E-state index in [2.05, 4.69) is 36.4 Å². The van der Waals surface area contributed by atoms with E-state index in [0.717, 1.165) is 5.69 Å². The second-order valence-electron chi connectivity index (χ2n) is 4.16. The minimum Gasteiger partial charge on any atom is -0.322 e. The van der Waals surface area contributed by atoms with E-state index in [1.807, 2.05) is 12.1 Å². The van der Waals surface area contributed by atoms with Crippen LogP contribution in [0, 0.1) is 0 Å². The Hall–Kier alpha value is -2.54. The van der Waals surface area contributed by atoms with Crippen molar-refractivity contribution in [3.05, 3.63) is 65.2 Å². The number of benzene rings is 1. The Labute approximate surface area is 129 Å². The number of rotatable bonds is 3. The highest BCUT2D eigenvalue weighted by Crippen LogP contribution is 2.16. The van der Waals surface area contributed by atoms with Gasteiger partial charge in [0.25, 0.3) is 5.91 Å². The molecule has 0 aliphatic heterocycles. The number of amides is 1. The summed E-state index contributed by atoms with van der Waals surface area (Å²) in [4.78, 5) is 17.7. The van der Waals surface area contributed by atoms with Crippen molar-refractivity contribution >= 4 is 27.5 Å². The lowest BCUT2D eigenvalue weighted by atomic mass is 10.2. The molecule has 2 aromatic heterocycles. The molecule has 0 atom stereocenters. The van der Waals surface area contributed by atoms with E-state index in [4.69, 9.17) is 0 Å². The molecule has 3 aromatic rings. The molecule has 1 N–H and O–H groups in total. The zero-order chi connectivity index (χ0) is 14.7. The fourth-order valence-electron chi connectivity index (χ4n) is 1.78. The zero-order valence-electron chi connectivity index (χ0n) is 10.8. The molecule has 1 amide bonds. The van der Waals surface area contributed by atoms with Gasteiger partial charge in [-0.05, 0) is 52.3 Å². The first-order chi connectivity index (χ1) is 10.2. The lowest BCUT2D eigenvalue weighted by molar-refractivity contribution is 0.102. The summed E-state index contributed by atoms with van der Waals surface area (Å²) in [6.45, 7) is 0. The number of aromatic nitrogens is 4. The van der Waals surface area contributed by atoms with Crippen molar-refractivity contribution in [2.24, 2.45) is 0 Å². The van der Waals surface area contributed by atoms with Gasteiger partial charge in [0.15, 0.2) is 0 Å². The van der Waals surface area contributed by atoms with Crippen LogP contribution in [-0.4, -0.2) is 25.9 Å². The maximum absolute atomic E-state index is 12.1. The normalized spacial score (nSPS) is 10.3. The van der Waals surface area contributed by atoms with Crippen LogP contribution in [0.25, 0.3) is 5.69 Å². The molecule has 2 heterocycles. The SMILES string of the molecule is O=C(Nc1ccc(-n2nccn2)cc1)c1cccnc1Br. The smallest absolute Gasteiger partial charge is 0.258 e. The van der Waals surface area contributed by atoms with Crippen molar-refractivity contribution in [3.63, 3.8) is 0 Å². The third-order valence-electron chi connectivity index (χ3n) is 2.78. The lowest BCUT2D eigenvalue weighted by Gasteiger charge is -2.07. The Morgan fingerprint density at radius 1 is 1.05 bits per heavy atom. The molecule has 104 valence electrons. The van der Waals surface area contributed by atoms with Gasteiger partial charge in [0.1, 0.15) is 4.60 Å². The van der Waals surface area contributed by atoms with Crippen LogP contribution in [0.1, 0.15) is 10.4 Å². The number of halogens is 1. The average molecular weight is 344 g/mol. The first-order valence-electron chi connectivity index (χ1n) is 6.12. The fraction of sp³-hybridized carbons (Fsp3) is 0. The van der Waals surface area contributed by atoms with E-state index in [1.54, 1.807) is 42.9 Å². The number of hydrogen-bond donors (Lipinski definition) is 1. The first kappa shape index (κ1) is 13.4. The molecular formula is C14H10BrN5O. The molecule has 0 unspecified atom stereocenters. The Morgan fingerprint density at radius 3 is 2.43 bits per heavy atom. The molecule has 3 rings (SSSR count). The second kappa shape index (κ2) is 5.84. The maximum Gasteiger partial charge on any atom is 0.258 e. The van der Waals surface area contributed by atoms with Crippen molar-refractivity contribution in [3.8, 4) is 5.69 Å². The molecule has 1 aromatic carbocycles. The molecule has 0 saturated heterocycles. The first-order valence-corrected chi connectivity index (χ1v) is 6.92. The highest BCUT2D eigenvalue weighted by atomic mass is 79.9. The summed E-state index contributed by atoms with van der Waals surface area (Å²) in [6, 6.07) is 10.7. The molecule has 0 saturated carbocycles. The lowest BCUT2D eigenvalue weighted by Crippen LogP contribution is -2.13. The van der Waals surface area contributed by atoms with Crippen molar-refractivity contribution in [2.75, 3.05) is 5.32 Å². The Bertz CT molecular complexity index is 755. The van der Waals surface area contributed by atoms with E-state index >= 15 is 0 Å². The minimum atomic E-state index is -0.222. The molecule has 0 spiro atoms. The van der Waals surface area contributed by atoms with Crippen LogP contribution in [0.3, 0.4) is 0 Å². The van der Waals surface area contributed by atoms with Gasteiger partial charge < -0.3 is 5.32 Å². The highest BCUT2D eigenvalue weighted by molar-refractivity contribution is 9.10. The standard InChI is InChI=1S/C14H10BrN5O/c15-13-12(2-1-7-16-13)14(21)19-10-3-5-11(6-4-10)20-17-8-9-18-20/h1-9H,(H,19,21). The molecule has 0 aliphatic rings. The molecule has 0 aliphatic carbocycles. The van der Waals surface area contributed by atoms with Crippen LogP contribution in [0.15, 0.2) is 59.6 Å². The molecular weight excluding hydrogens is 334 g/mol. The average Bonchev–Trinajstić information content (AvgIpc) is 3.02. The second-order valence-corrected chi connectivity index (χ2v) is 4.91. The Kier molecular flexibility index (Phi) is 3.74. The van der Waals surface area contributed by atoms with Crippen LogP contribution in [0.4, 0.5) is 5.69 Å². The van der Waals surface area contributed by atoms with Crippen LogP contribution in [0.2, 0.25) is 0 Å². The molecule has 7 heteroatoms. The summed E-state index contributed by atoms with van der Waals surface area (Å²) >= 11 is 3.26. The summed E-state index contributed by atoms with van der Waals surface area (Å²) in [5, 5.41) is 10.9. The summed E-state index contributed by atoms with van der Waals surface area (Å²) in [7, 11) is 0. The van der Waals surface area contributed by atoms with Gasteiger partial charge in [-0.15, -0.1) is 0 Å². The summed E-state index contributed by atoms with van der Waals surface area (Å²) in [6.07, 6.45) is 4.83. The monoisotopic (exact) mass is 343 g/mol. The molecule has 6 nitrogen and oxygen atoms in total. The van der Waals surface area contributed by atoms with Gasteiger partial charge >= 0.3 is 0 Å². The third kappa shape index (κ3) is 2.97. The summed E-state index contributed by atoms with van der Waals surface area (Å²) < 4.78 is 0.514. The van der Waals surface area contributed by atoms with Gasteiger partial charge in [-0.1, -0.05) is 0 Å². The number of anilines is 1. The van der Waals surface area contributed by atoms with Crippen molar-refractivity contribution in [2.45, 2.75) is 0 Å². The van der Waals surface area contributed by atoms with E-state index in [-0.39, 0.29) is 5.91 Å². The largest absolute Gasteiger partial charge is 0.322 e. The van der Waals surface area contributed by atoms with Gasteiger partial charge in [0, 0.05) is 11.9 Å². The predicted molar refractivity (Wildman–Crippen MR) is 81.2 cm³/mol. The predicted octanol–water partition coefficient (Wildman–Crippen LogP) is 2.68. The van der Waals surface area contributed by atoms with Gasteiger partial charge in [-0.3, -0.25) is 4.79 Å². The third-order valence-corrected chi connectivity index (χ3v) is 3.41. The maximum atomic E-state index is 12.1.